The van der Waals surface area contributed by atoms with E-state index in [4.69, 9.17) is 9.98 Å². The highest BCUT2D eigenvalue weighted by molar-refractivity contribution is 6.52. The topological polar surface area (TPSA) is 167 Å². The van der Waals surface area contributed by atoms with Gasteiger partial charge in [0.25, 0.3) is 0 Å². The number of aliphatic hydroxyl groups excluding tert-OH is 3. The Bertz CT molecular complexity index is 5560. The molecule has 4 aliphatic heterocycles. The van der Waals surface area contributed by atoms with Crippen LogP contribution in [0.5, 0.6) is 0 Å². The average molecular weight is 1350 g/mol. The summed E-state index contributed by atoms with van der Waals surface area (Å²) in [6.45, 7) is 23.2. The normalized spacial score (nSPS) is 21.7. The summed E-state index contributed by atoms with van der Waals surface area (Å²) in [6, 6.07) is 41.7. The molecule has 0 unspecified atom stereocenters. The van der Waals surface area contributed by atoms with Gasteiger partial charge in [-0.25, -0.2) is 0 Å². The molecule has 8 aromatic rings. The van der Waals surface area contributed by atoms with E-state index < -0.39 is 11.3 Å². The molecule has 102 heavy (non-hydrogen) atoms. The second-order valence-electron chi connectivity index (χ2n) is 32.6. The Labute approximate surface area is 596 Å². The fourth-order valence-electron chi connectivity index (χ4n) is 20.5. The van der Waals surface area contributed by atoms with Gasteiger partial charge in [-0.3, -0.25) is 24.4 Å². The molecule has 518 valence electrons. The third-order valence-corrected chi connectivity index (χ3v) is 24.1. The molecule has 0 bridgehead atoms. The number of nitrogens with one attached hydrogen (secondary N) is 2. The first kappa shape index (κ1) is 65.6. The summed E-state index contributed by atoms with van der Waals surface area (Å²) in [5, 5.41) is 56.3. The molecule has 2 fully saturated rings. The largest absolute Gasteiger partial charge is 0.506 e. The number of fused-ring (bicyclic) bond motifs is 8. The zero-order valence-corrected chi connectivity index (χ0v) is 60.7. The Hall–Kier alpha value is -9.68. The number of rotatable bonds is 14. The number of aliphatic hydroxyl groups is 3. The van der Waals surface area contributed by atoms with Gasteiger partial charge in [-0.2, -0.15) is 4.58 Å². The molecular formula is C90H93N6O6+. The number of Topliss-reactive ketones (excluding diaryl/α,β-unsaturated/α-hetero) is 3. The Morgan fingerprint density at radius 3 is 1.45 bits per heavy atom. The number of nitrogens with zero attached hydrogens (tertiary/aromatic N) is 4. The van der Waals surface area contributed by atoms with Crippen LogP contribution < -0.4 is 36.7 Å². The Morgan fingerprint density at radius 2 is 0.961 bits per heavy atom. The number of carbonyl (C=O) groups is 3. The number of benzene rings is 8. The highest BCUT2D eigenvalue weighted by Crippen LogP contribution is 2.59. The lowest BCUT2D eigenvalue weighted by Gasteiger charge is -2.40. The molecule has 17 rings (SSSR count). The molecule has 2 spiro atoms. The summed E-state index contributed by atoms with van der Waals surface area (Å²) in [5.41, 5.74) is 8.51. The molecule has 5 N–H and O–H groups in total. The van der Waals surface area contributed by atoms with E-state index in [9.17, 15) is 15.3 Å². The maximum Gasteiger partial charge on any atom is 0.210 e. The van der Waals surface area contributed by atoms with Gasteiger partial charge >= 0.3 is 0 Å². The number of allylic oxidation sites excluding steroid dienone is 9. The molecule has 0 aromatic heterocycles. The molecule has 5 aliphatic carbocycles. The fraction of sp³-hybridized carbons (Fsp3) is 0.378. The summed E-state index contributed by atoms with van der Waals surface area (Å²) in [4.78, 5) is 60.3. The maximum atomic E-state index is 15.8. The third-order valence-electron chi connectivity index (χ3n) is 24.1. The number of anilines is 3. The van der Waals surface area contributed by atoms with Crippen LogP contribution in [0, 0.1) is 23.7 Å². The second kappa shape index (κ2) is 24.0. The van der Waals surface area contributed by atoms with Crippen LogP contribution in [0.1, 0.15) is 181 Å². The van der Waals surface area contributed by atoms with Crippen LogP contribution >= 0.6 is 0 Å². The molecule has 4 heterocycles. The van der Waals surface area contributed by atoms with E-state index in [2.05, 4.69) is 162 Å². The minimum Gasteiger partial charge on any atom is -0.506 e. The first-order valence-corrected chi connectivity index (χ1v) is 38.0. The van der Waals surface area contributed by atoms with Crippen molar-refractivity contribution in [3.63, 3.8) is 0 Å². The zero-order valence-electron chi connectivity index (χ0n) is 60.7. The summed E-state index contributed by atoms with van der Waals surface area (Å²) >= 11 is 0. The highest BCUT2D eigenvalue weighted by atomic mass is 16.3. The lowest BCUT2D eigenvalue weighted by Crippen LogP contribution is -2.48. The zero-order chi connectivity index (χ0) is 70.8. The Morgan fingerprint density at radius 1 is 0.490 bits per heavy atom. The predicted molar refractivity (Wildman–Crippen MR) is 413 cm³/mol. The summed E-state index contributed by atoms with van der Waals surface area (Å²) in [7, 11) is 0. The molecule has 0 saturated heterocycles. The van der Waals surface area contributed by atoms with Gasteiger partial charge in [-0.1, -0.05) is 197 Å². The van der Waals surface area contributed by atoms with Crippen molar-refractivity contribution >= 4 is 111 Å². The van der Waals surface area contributed by atoms with Crippen molar-refractivity contribution in [1.29, 1.82) is 0 Å². The summed E-state index contributed by atoms with van der Waals surface area (Å²) < 4.78 is 2.37. The Balaban J connectivity index is 0.830. The van der Waals surface area contributed by atoms with Crippen LogP contribution in [-0.4, -0.2) is 67.4 Å². The lowest BCUT2D eigenvalue weighted by atomic mass is 9.65. The number of likely N-dealkylation sites (N-methyl/N-ethyl adjacent to an activating group) is 1. The van der Waals surface area contributed by atoms with Gasteiger partial charge in [-0.15, -0.1) is 0 Å². The van der Waals surface area contributed by atoms with E-state index in [1.165, 1.54) is 44.0 Å². The summed E-state index contributed by atoms with van der Waals surface area (Å²) in [5.74, 6) is -0.352. The minimum absolute atomic E-state index is 0.0360. The van der Waals surface area contributed by atoms with Gasteiger partial charge in [0.2, 0.25) is 23.0 Å². The maximum absolute atomic E-state index is 15.8. The average Bonchev–Trinajstić information content (AvgIpc) is 1.09. The number of carbonyl (C=O) groups excluding carboxylic acids is 3. The highest BCUT2D eigenvalue weighted by Gasteiger charge is 2.55. The van der Waals surface area contributed by atoms with E-state index in [1.54, 1.807) is 0 Å². The number of hydrogen-bond acceptors (Lipinski definition) is 11. The number of hydrogen-bond donors (Lipinski definition) is 5. The van der Waals surface area contributed by atoms with Gasteiger partial charge in [-0.05, 0) is 145 Å². The molecular weight excluding hydrogens is 1260 g/mol. The third kappa shape index (κ3) is 9.58. The van der Waals surface area contributed by atoms with Crippen molar-refractivity contribution in [2.24, 2.45) is 33.7 Å². The minimum atomic E-state index is -0.903. The fourth-order valence-corrected chi connectivity index (χ4v) is 20.5. The molecule has 9 aliphatic rings. The van der Waals surface area contributed by atoms with Gasteiger partial charge in [0.05, 0.1) is 60.9 Å². The van der Waals surface area contributed by atoms with Crippen molar-refractivity contribution in [2.75, 3.05) is 28.6 Å². The van der Waals surface area contributed by atoms with Gasteiger partial charge in [0.15, 0.2) is 5.71 Å². The van der Waals surface area contributed by atoms with Crippen LogP contribution in [0.3, 0.4) is 0 Å². The summed E-state index contributed by atoms with van der Waals surface area (Å²) in [6.07, 6.45) is 16.9. The monoisotopic (exact) mass is 1350 g/mol. The van der Waals surface area contributed by atoms with Crippen LogP contribution in [-0.2, 0) is 25.2 Å². The molecule has 2 saturated carbocycles. The van der Waals surface area contributed by atoms with Gasteiger partial charge in [0, 0.05) is 73.4 Å². The van der Waals surface area contributed by atoms with Crippen LogP contribution in [0.15, 0.2) is 178 Å². The van der Waals surface area contributed by atoms with Gasteiger partial charge < -0.3 is 30.9 Å². The first-order chi connectivity index (χ1) is 49.1. The van der Waals surface area contributed by atoms with E-state index in [-0.39, 0.29) is 91.4 Å². The predicted octanol–water partition coefficient (Wildman–Crippen LogP) is 17.6. The molecule has 8 aromatic carbocycles. The van der Waals surface area contributed by atoms with Crippen LogP contribution in [0.2, 0.25) is 0 Å². The van der Waals surface area contributed by atoms with E-state index >= 15 is 14.4 Å². The molecule has 12 nitrogen and oxygen atoms in total. The van der Waals surface area contributed by atoms with Crippen LogP contribution in [0.25, 0.3) is 65.4 Å². The standard InChI is InChI=1S/C90H92N6O6/c1-11-95-65-37-31-53-23-15-17-25-57(53)75(65)87(39-19-13-20-40-87)67(95)43-63-81(97)71(82(63)98)59-33-27-55-29-35-61(79-69(55)77(59)91-89(93-79,45-49(3)4)46-50(5)6)73-85(101)74(86(73)102)62-36-30-56-28-34-60(78-70(56)80(62)94-90(92-78,47-51(7)8)48-52(9)10)72-83(99)64(84(72)100)44-68-88(41-21-14-22-42-88)76-58-26-18-16-24-54(58)32-38-66(76)96(68)12-2/h15-18,23-38,43-44,49-52H,11-14,19-22,39-42,45-48H2,1-10H3,(H4,91,92,93,94,97,98,99,100,101,102)/p+1/b67-43-. The van der Waals surface area contributed by atoms with E-state index in [0.717, 1.165) is 86.4 Å². The van der Waals surface area contributed by atoms with Crippen molar-refractivity contribution < 1.29 is 34.3 Å². The first-order valence-electron chi connectivity index (χ1n) is 38.0. The second-order valence-corrected chi connectivity index (χ2v) is 32.6. The smallest absolute Gasteiger partial charge is 0.210 e. The van der Waals surface area contributed by atoms with Gasteiger partial charge in [0.1, 0.15) is 35.1 Å². The van der Waals surface area contributed by atoms with E-state index in [1.807, 2.05) is 60.7 Å². The lowest BCUT2D eigenvalue weighted by molar-refractivity contribution is -0.433. The van der Waals surface area contributed by atoms with Crippen molar-refractivity contribution in [3.8, 4) is 0 Å². The quantitative estimate of drug-likeness (QED) is 0.0526. The molecule has 0 radical (unpaired) electrons. The van der Waals surface area contributed by atoms with Crippen molar-refractivity contribution in [2.45, 2.75) is 181 Å². The SMILES string of the molecule is CCN1/C(=C\C2=C(O)C(=c3\ccc4ccc(C5=C(O)/C(=c6\ccc7ccc(C8=C(O)/C(=C/C9=[N+](CC)c%10ccc%11ccccc%11c%10C9%10CCCCC%10)C8=O)c8c7c6=NC(CC(C)C)(CC(C)C)N8)C5=O)c5c4c3=NC(CC(C)C)(CC(C)C)N5)/C2=O)C2(CCCCC2)c2c1ccc1ccccc21. The van der Waals surface area contributed by atoms with E-state index in [0.29, 0.717) is 104 Å². The van der Waals surface area contributed by atoms with Crippen LogP contribution in [0.4, 0.5) is 22.7 Å². The van der Waals surface area contributed by atoms with Crippen molar-refractivity contribution in [3.05, 3.63) is 211 Å². The molecule has 0 atom stereocenters. The molecule has 12 heteroatoms. The Kier molecular flexibility index (Phi) is 15.4. The van der Waals surface area contributed by atoms with Crippen molar-refractivity contribution in [1.82, 2.24) is 0 Å². The number of ketones is 3. The molecule has 0 amide bonds.